The van der Waals surface area contributed by atoms with E-state index < -0.39 is 4.92 Å². The average molecular weight is 526 g/mol. The van der Waals surface area contributed by atoms with Crippen LogP contribution in [0.5, 0.6) is 11.5 Å². The van der Waals surface area contributed by atoms with E-state index in [2.05, 4.69) is 12.1 Å². The molecule has 0 amide bonds. The Bertz CT molecular complexity index is 1820. The number of allylic oxidation sites excluding steroid dienone is 1. The summed E-state index contributed by atoms with van der Waals surface area (Å²) < 4.78 is 13.0. The number of nitro benzene ring substituents is 1. The molecule has 2 aliphatic rings. The van der Waals surface area contributed by atoms with Crippen molar-refractivity contribution in [3.05, 3.63) is 124 Å². The first-order chi connectivity index (χ1) is 18.5. The highest BCUT2D eigenvalue weighted by molar-refractivity contribution is 7.07. The van der Waals surface area contributed by atoms with E-state index in [9.17, 15) is 14.9 Å². The number of benzene rings is 3. The second-order valence-corrected chi connectivity index (χ2v) is 10.1. The van der Waals surface area contributed by atoms with E-state index in [1.165, 1.54) is 36.1 Å². The molecule has 190 valence electrons. The lowest BCUT2D eigenvalue weighted by molar-refractivity contribution is -0.385. The number of aromatic nitrogens is 1. The van der Waals surface area contributed by atoms with Crippen molar-refractivity contribution in [2.45, 2.75) is 18.9 Å². The molecule has 1 atom stereocenters. The molecule has 1 aliphatic carbocycles. The number of nitrogens with zero attached hydrogens (tertiary/aromatic N) is 3. The second-order valence-electron chi connectivity index (χ2n) is 9.04. The summed E-state index contributed by atoms with van der Waals surface area (Å²) in [5.74, 6) is 0.863. The zero-order valence-corrected chi connectivity index (χ0v) is 21.5. The van der Waals surface area contributed by atoms with Gasteiger partial charge in [0, 0.05) is 17.2 Å². The summed E-state index contributed by atoms with van der Waals surface area (Å²) in [5.41, 5.74) is 5.36. The Labute approximate surface area is 221 Å². The third-order valence-corrected chi connectivity index (χ3v) is 7.99. The molecular weight excluding hydrogens is 502 g/mol. The predicted molar refractivity (Wildman–Crippen MR) is 145 cm³/mol. The number of hydrogen-bond donors (Lipinski definition) is 0. The molecule has 2 heterocycles. The normalized spacial score (nSPS) is 16.3. The van der Waals surface area contributed by atoms with Crippen LogP contribution in [-0.4, -0.2) is 23.7 Å². The van der Waals surface area contributed by atoms with E-state index in [1.54, 1.807) is 23.8 Å². The number of ether oxygens (including phenoxy) is 2. The van der Waals surface area contributed by atoms with Gasteiger partial charge in [-0.1, -0.05) is 59.9 Å². The Morgan fingerprint density at radius 3 is 2.58 bits per heavy atom. The van der Waals surface area contributed by atoms with Gasteiger partial charge >= 0.3 is 5.69 Å². The highest BCUT2D eigenvalue weighted by atomic mass is 32.1. The van der Waals surface area contributed by atoms with Gasteiger partial charge in [-0.05, 0) is 47.8 Å². The maximum atomic E-state index is 13.9. The molecule has 0 saturated carbocycles. The first-order valence-electron chi connectivity index (χ1n) is 12.1. The van der Waals surface area contributed by atoms with Gasteiger partial charge in [-0.3, -0.25) is 19.5 Å². The minimum absolute atomic E-state index is 0.159. The van der Waals surface area contributed by atoms with Crippen LogP contribution in [0.2, 0.25) is 0 Å². The summed E-state index contributed by atoms with van der Waals surface area (Å²) in [6.45, 7) is 0. The van der Waals surface area contributed by atoms with Gasteiger partial charge in [0.05, 0.1) is 35.4 Å². The van der Waals surface area contributed by atoms with Crippen molar-refractivity contribution in [1.29, 1.82) is 0 Å². The molecule has 1 aliphatic heterocycles. The molecule has 0 saturated heterocycles. The number of nitro groups is 1. The molecule has 0 spiro atoms. The summed E-state index contributed by atoms with van der Waals surface area (Å²) in [6.07, 6.45) is 3.30. The van der Waals surface area contributed by atoms with E-state index in [0.29, 0.717) is 20.6 Å². The summed E-state index contributed by atoms with van der Waals surface area (Å²) in [4.78, 5) is 30.5. The van der Waals surface area contributed by atoms with Crippen LogP contribution in [0.1, 0.15) is 34.7 Å². The molecule has 4 aromatic rings. The van der Waals surface area contributed by atoms with Gasteiger partial charge in [0.1, 0.15) is 5.75 Å². The minimum Gasteiger partial charge on any atom is -0.496 e. The van der Waals surface area contributed by atoms with Crippen molar-refractivity contribution in [3.8, 4) is 11.5 Å². The monoisotopic (exact) mass is 525 g/mol. The predicted octanol–water partition coefficient (Wildman–Crippen LogP) is 4.24. The Balaban J connectivity index is 1.61. The van der Waals surface area contributed by atoms with Crippen molar-refractivity contribution < 1.29 is 14.4 Å². The van der Waals surface area contributed by atoms with Crippen LogP contribution in [0.3, 0.4) is 0 Å². The van der Waals surface area contributed by atoms with E-state index >= 15 is 0 Å². The molecule has 6 rings (SSSR count). The zero-order valence-electron chi connectivity index (χ0n) is 20.7. The van der Waals surface area contributed by atoms with Gasteiger partial charge in [0.2, 0.25) is 0 Å². The van der Waals surface area contributed by atoms with Crippen molar-refractivity contribution in [1.82, 2.24) is 4.57 Å². The molecule has 0 fully saturated rings. The van der Waals surface area contributed by atoms with Gasteiger partial charge in [0.25, 0.3) is 5.56 Å². The fourth-order valence-corrected chi connectivity index (χ4v) is 6.28. The molecule has 1 unspecified atom stereocenters. The molecule has 1 aromatic heterocycles. The van der Waals surface area contributed by atoms with Crippen LogP contribution in [0, 0.1) is 10.1 Å². The molecule has 8 nitrogen and oxygen atoms in total. The number of rotatable bonds is 5. The molecule has 3 aromatic carbocycles. The van der Waals surface area contributed by atoms with Gasteiger partial charge < -0.3 is 9.47 Å². The molecule has 9 heteroatoms. The van der Waals surface area contributed by atoms with E-state index in [4.69, 9.17) is 14.5 Å². The molecular formula is C29H23N3O5S. The standard InChI is InChI=1S/C29H23N3O5S/c1-36-23-10-6-5-9-20(23)27-21-13-12-18-7-3-4-8-19(18)26(21)30-29-31(27)28(33)25(38-29)16-17-11-14-24(37-2)22(15-17)32(34)35/h3-11,14-16,27H,12-13H2,1-2H3. The maximum absolute atomic E-state index is 13.9. The highest BCUT2D eigenvalue weighted by Crippen LogP contribution is 2.43. The first kappa shape index (κ1) is 23.9. The van der Waals surface area contributed by atoms with E-state index in [-0.39, 0.29) is 23.0 Å². The average Bonchev–Trinajstić information content (AvgIpc) is 3.25. The van der Waals surface area contributed by atoms with Gasteiger partial charge in [0.15, 0.2) is 10.6 Å². The molecule has 38 heavy (non-hydrogen) atoms. The lowest BCUT2D eigenvalue weighted by Gasteiger charge is -2.31. The SMILES string of the molecule is COc1ccccc1C1C2=C(N=c3sc(=Cc4ccc(OC)c([N+](=O)[O-])c4)c(=O)n31)c1ccccc1CC2. The van der Waals surface area contributed by atoms with Gasteiger partial charge in [-0.15, -0.1) is 0 Å². The van der Waals surface area contributed by atoms with Crippen molar-refractivity contribution in [3.63, 3.8) is 0 Å². The number of aryl methyl sites for hydroxylation is 1. The minimum atomic E-state index is -0.495. The van der Waals surface area contributed by atoms with Crippen LogP contribution in [0.25, 0.3) is 11.8 Å². The van der Waals surface area contributed by atoms with Gasteiger partial charge in [-0.2, -0.15) is 0 Å². The topological polar surface area (TPSA) is 96.0 Å². The number of hydrogen-bond acceptors (Lipinski definition) is 7. The summed E-state index contributed by atoms with van der Waals surface area (Å²) in [6, 6.07) is 20.3. The number of fused-ring (bicyclic) bond motifs is 3. The number of methoxy groups -OCH3 is 2. The van der Waals surface area contributed by atoms with Crippen molar-refractivity contribution >= 4 is 28.8 Å². The van der Waals surface area contributed by atoms with E-state index in [1.807, 2.05) is 36.4 Å². The summed E-state index contributed by atoms with van der Waals surface area (Å²) in [5, 5.41) is 11.5. The Morgan fingerprint density at radius 2 is 1.79 bits per heavy atom. The Hall–Kier alpha value is -4.50. The fraction of sp³-hybridized carbons (Fsp3) is 0.172. The first-order valence-corrected chi connectivity index (χ1v) is 12.9. The largest absolute Gasteiger partial charge is 0.496 e. The fourth-order valence-electron chi connectivity index (χ4n) is 5.28. The van der Waals surface area contributed by atoms with Crippen LogP contribution < -0.4 is 24.4 Å². The quantitative estimate of drug-likeness (QED) is 0.287. The van der Waals surface area contributed by atoms with Crippen LogP contribution in [-0.2, 0) is 6.42 Å². The van der Waals surface area contributed by atoms with Crippen molar-refractivity contribution in [2.75, 3.05) is 14.2 Å². The van der Waals surface area contributed by atoms with Gasteiger partial charge in [-0.25, -0.2) is 4.99 Å². The second kappa shape index (κ2) is 9.42. The Kier molecular flexibility index (Phi) is 5.92. The summed E-state index contributed by atoms with van der Waals surface area (Å²) >= 11 is 1.28. The Morgan fingerprint density at radius 1 is 1.03 bits per heavy atom. The third kappa shape index (κ3) is 3.83. The van der Waals surface area contributed by atoms with Crippen LogP contribution in [0.4, 0.5) is 5.69 Å². The van der Waals surface area contributed by atoms with Crippen LogP contribution in [0.15, 0.2) is 82.1 Å². The lowest BCUT2D eigenvalue weighted by atomic mass is 9.83. The smallest absolute Gasteiger partial charge is 0.311 e. The summed E-state index contributed by atoms with van der Waals surface area (Å²) in [7, 11) is 3.02. The number of para-hydroxylation sites is 1. The lowest BCUT2D eigenvalue weighted by Crippen LogP contribution is -2.39. The maximum Gasteiger partial charge on any atom is 0.311 e. The number of thiazole rings is 1. The molecule has 0 N–H and O–H groups in total. The van der Waals surface area contributed by atoms with E-state index in [0.717, 1.165) is 35.2 Å². The third-order valence-electron chi connectivity index (χ3n) is 7.00. The van der Waals surface area contributed by atoms with Crippen LogP contribution >= 0.6 is 11.3 Å². The highest BCUT2D eigenvalue weighted by Gasteiger charge is 2.34. The molecule has 0 bridgehead atoms. The zero-order chi connectivity index (χ0) is 26.4. The molecule has 0 radical (unpaired) electrons. The van der Waals surface area contributed by atoms with Crippen molar-refractivity contribution in [2.24, 2.45) is 4.99 Å².